The lowest BCUT2D eigenvalue weighted by Gasteiger charge is -2.01. The molecule has 0 spiro atoms. The molecule has 1 aromatic carbocycles. The van der Waals surface area contributed by atoms with E-state index in [1.807, 2.05) is 0 Å². The van der Waals surface area contributed by atoms with Crippen molar-refractivity contribution in [2.45, 2.75) is 51.9 Å². The van der Waals surface area contributed by atoms with Crippen LogP contribution in [-0.4, -0.2) is 10.0 Å². The molecule has 0 amide bonds. The number of alkyl halides is 1. The van der Waals surface area contributed by atoms with Gasteiger partial charge in [-0.15, -0.1) is 0 Å². The molecule has 0 saturated carbocycles. The third kappa shape index (κ3) is 14.1. The van der Waals surface area contributed by atoms with Gasteiger partial charge < -0.3 is 0 Å². The number of carbonyl (C=O) groups is 1. The van der Waals surface area contributed by atoms with Crippen molar-refractivity contribution >= 4 is 36.6 Å². The number of rotatable bonds is 8. The van der Waals surface area contributed by atoms with Gasteiger partial charge in [0.15, 0.2) is 0 Å². The Hall–Kier alpha value is -0.150. The minimum absolute atomic E-state index is 0.0162. The molecule has 0 aliphatic heterocycles. The molecule has 108 valence electrons. The van der Waals surface area contributed by atoms with Gasteiger partial charge in [-0.3, -0.25) is 4.79 Å². The smallest absolute Gasteiger partial charge is 0.208 e. The van der Waals surface area contributed by atoms with E-state index in [9.17, 15) is 4.79 Å². The van der Waals surface area contributed by atoms with Crippen molar-refractivity contribution in [1.29, 1.82) is 0 Å². The van der Waals surface area contributed by atoms with Gasteiger partial charge in [-0.05, 0) is 34.3 Å². The van der Waals surface area contributed by atoms with E-state index >= 15 is 0 Å². The molecule has 0 saturated heterocycles. The number of unbranched alkanes of at least 4 members (excludes halogenated alkanes) is 5. The van der Waals surface area contributed by atoms with E-state index in [4.69, 9.17) is 0 Å². The van der Waals surface area contributed by atoms with Crippen LogP contribution >= 0.6 is 31.9 Å². The minimum atomic E-state index is -0.0162. The molecule has 19 heavy (non-hydrogen) atoms. The Morgan fingerprint density at radius 2 is 1.53 bits per heavy atom. The summed E-state index contributed by atoms with van der Waals surface area (Å²) in [7, 11) is 0. The summed E-state index contributed by atoms with van der Waals surface area (Å²) in [4.78, 5) is 9.68. The second-order valence-corrected chi connectivity index (χ2v) is 5.94. The number of aryl methyl sites for hydroxylation is 1. The van der Waals surface area contributed by atoms with Gasteiger partial charge >= 0.3 is 0 Å². The van der Waals surface area contributed by atoms with E-state index in [-0.39, 0.29) is 4.69 Å². The molecule has 0 heterocycles. The fourth-order valence-corrected chi connectivity index (χ4v) is 1.75. The predicted molar refractivity (Wildman–Crippen MR) is 91.3 cm³/mol. The van der Waals surface area contributed by atoms with E-state index in [2.05, 4.69) is 69.1 Å². The molecule has 0 fully saturated rings. The lowest BCUT2D eigenvalue weighted by atomic mass is 10.1. The van der Waals surface area contributed by atoms with E-state index in [1.54, 1.807) is 0 Å². The first-order valence-corrected chi connectivity index (χ1v) is 8.90. The Morgan fingerprint density at radius 3 is 2.05 bits per heavy atom. The average Bonchev–Trinajstić information content (AvgIpc) is 2.44. The van der Waals surface area contributed by atoms with Gasteiger partial charge in [0.2, 0.25) is 4.69 Å². The van der Waals surface area contributed by atoms with Crippen LogP contribution in [0.4, 0.5) is 0 Å². The zero-order valence-electron chi connectivity index (χ0n) is 11.7. The number of hydrogen-bond donors (Lipinski definition) is 0. The first kappa shape index (κ1) is 18.9. The maximum atomic E-state index is 9.68. The highest BCUT2D eigenvalue weighted by Gasteiger charge is 1.92. The summed E-state index contributed by atoms with van der Waals surface area (Å²) >= 11 is 5.60. The lowest BCUT2D eigenvalue weighted by Crippen LogP contribution is -1.85. The molecule has 0 aromatic heterocycles. The molecule has 0 N–H and O–H groups in total. The molecule has 0 aliphatic rings. The largest absolute Gasteiger partial charge is 0.286 e. The Morgan fingerprint density at radius 1 is 1.00 bits per heavy atom. The number of benzene rings is 1. The topological polar surface area (TPSA) is 17.1 Å². The van der Waals surface area contributed by atoms with Crippen LogP contribution in [0.5, 0.6) is 0 Å². The summed E-state index contributed by atoms with van der Waals surface area (Å²) in [6, 6.07) is 10.8. The Kier molecular flexibility index (Phi) is 14.2. The molecule has 1 nitrogen and oxygen atoms in total. The fraction of sp³-hybridized carbons (Fsp3) is 0.562. The van der Waals surface area contributed by atoms with Gasteiger partial charge in [-0.2, -0.15) is 0 Å². The first-order chi connectivity index (χ1) is 9.20. The third-order valence-corrected chi connectivity index (χ3v) is 4.31. The zero-order valence-corrected chi connectivity index (χ0v) is 14.9. The van der Waals surface area contributed by atoms with Crippen LogP contribution in [0.25, 0.3) is 0 Å². The standard InChI is InChI=1S/C14H22.C2H2Br2O/c1-2-3-4-5-6-8-11-14-12-9-7-10-13-14;3-1-2(4)5/h7,9-10,12-13H,2-6,8,11H2,1H3;1H2. The normalized spacial score (nSPS) is 9.63. The minimum Gasteiger partial charge on any atom is -0.286 e. The summed E-state index contributed by atoms with van der Waals surface area (Å²) in [6.45, 7) is 2.27. The molecule has 0 bridgehead atoms. The van der Waals surface area contributed by atoms with E-state index in [1.165, 1.54) is 50.5 Å². The van der Waals surface area contributed by atoms with Crippen LogP contribution in [0.2, 0.25) is 0 Å². The maximum absolute atomic E-state index is 9.68. The van der Waals surface area contributed by atoms with Gasteiger partial charge in [0, 0.05) is 0 Å². The maximum Gasteiger partial charge on any atom is 0.208 e. The van der Waals surface area contributed by atoms with Crippen molar-refractivity contribution in [3.63, 3.8) is 0 Å². The molecular formula is C16H24Br2O. The molecule has 1 aromatic rings. The van der Waals surface area contributed by atoms with Crippen LogP contribution in [0.15, 0.2) is 30.3 Å². The summed E-state index contributed by atoms with van der Waals surface area (Å²) in [6.07, 6.45) is 9.60. The van der Waals surface area contributed by atoms with Crippen LogP contribution < -0.4 is 0 Å². The summed E-state index contributed by atoms with van der Waals surface area (Å²) in [5.74, 6) is 0. The fourth-order valence-electron chi connectivity index (χ4n) is 1.75. The Balaban J connectivity index is 0.000000555. The van der Waals surface area contributed by atoms with Gasteiger partial charge in [-0.25, -0.2) is 0 Å². The van der Waals surface area contributed by atoms with Crippen molar-refractivity contribution in [2.75, 3.05) is 5.33 Å². The van der Waals surface area contributed by atoms with Crippen LogP contribution in [0, 0.1) is 0 Å². The highest BCUT2D eigenvalue weighted by Crippen LogP contribution is 2.09. The van der Waals surface area contributed by atoms with Gasteiger partial charge in [0.1, 0.15) is 0 Å². The van der Waals surface area contributed by atoms with Crippen LogP contribution in [0.3, 0.4) is 0 Å². The molecule has 1 rings (SSSR count). The molecule has 0 radical (unpaired) electrons. The zero-order chi connectivity index (χ0) is 14.3. The summed E-state index contributed by atoms with van der Waals surface area (Å²) in [5, 5.41) is 0.396. The molecule has 0 aliphatic carbocycles. The van der Waals surface area contributed by atoms with Gasteiger partial charge in [0.25, 0.3) is 0 Å². The number of carbonyl (C=O) groups excluding carboxylic acids is 1. The highest BCUT2D eigenvalue weighted by molar-refractivity contribution is 9.19. The van der Waals surface area contributed by atoms with Gasteiger partial charge in [0.05, 0.1) is 5.33 Å². The second-order valence-electron chi connectivity index (χ2n) is 4.49. The van der Waals surface area contributed by atoms with Gasteiger partial charge in [-0.1, -0.05) is 85.3 Å². The Bertz CT molecular complexity index is 312. The lowest BCUT2D eigenvalue weighted by molar-refractivity contribution is -0.108. The van der Waals surface area contributed by atoms with Crippen molar-refractivity contribution in [2.24, 2.45) is 0 Å². The highest BCUT2D eigenvalue weighted by atomic mass is 79.9. The number of halogens is 2. The van der Waals surface area contributed by atoms with Crippen molar-refractivity contribution in [3.8, 4) is 0 Å². The average molecular weight is 392 g/mol. The number of hydrogen-bond acceptors (Lipinski definition) is 1. The molecule has 3 heteroatoms. The SMILES string of the molecule is CCCCCCCCc1ccccc1.O=C(Br)CBr. The first-order valence-electron chi connectivity index (χ1n) is 6.99. The molecule has 0 unspecified atom stereocenters. The summed E-state index contributed by atoms with van der Waals surface area (Å²) in [5.41, 5.74) is 1.49. The second kappa shape index (κ2) is 14.3. The molecular weight excluding hydrogens is 368 g/mol. The molecule has 0 atom stereocenters. The van der Waals surface area contributed by atoms with Crippen LogP contribution in [0.1, 0.15) is 51.0 Å². The monoisotopic (exact) mass is 390 g/mol. The third-order valence-electron chi connectivity index (χ3n) is 2.77. The van der Waals surface area contributed by atoms with E-state index < -0.39 is 0 Å². The quantitative estimate of drug-likeness (QED) is 0.306. The van der Waals surface area contributed by atoms with Crippen LogP contribution in [-0.2, 0) is 11.2 Å². The van der Waals surface area contributed by atoms with Crippen molar-refractivity contribution < 1.29 is 4.79 Å². The van der Waals surface area contributed by atoms with E-state index in [0.717, 1.165) is 0 Å². The Labute approximate surface area is 134 Å². The van der Waals surface area contributed by atoms with E-state index in [0.29, 0.717) is 5.33 Å². The van der Waals surface area contributed by atoms with Crippen molar-refractivity contribution in [3.05, 3.63) is 35.9 Å². The van der Waals surface area contributed by atoms with Crippen molar-refractivity contribution in [1.82, 2.24) is 0 Å². The predicted octanol–water partition coefficient (Wildman–Crippen LogP) is 5.89. The summed E-state index contributed by atoms with van der Waals surface area (Å²) < 4.78 is -0.0162.